The average Bonchev–Trinajstić information content (AvgIpc) is 2.51. The van der Waals surface area contributed by atoms with Crippen LogP contribution in [0.15, 0.2) is 0 Å². The second-order valence-electron chi connectivity index (χ2n) is 6.63. The van der Waals surface area contributed by atoms with Crippen molar-refractivity contribution in [2.24, 2.45) is 11.8 Å². The van der Waals surface area contributed by atoms with Gasteiger partial charge in [0.2, 0.25) is 6.29 Å². The second kappa shape index (κ2) is 5.43. The molecule has 2 aliphatic carbocycles. The number of carbonyl (C=O) groups excluding carboxylic acids is 2. The fourth-order valence-corrected chi connectivity index (χ4v) is 4.20. The monoisotopic (exact) mass is 316 g/mol. The molecule has 5 nitrogen and oxygen atoms in total. The van der Waals surface area contributed by atoms with Crippen LogP contribution in [0.1, 0.15) is 46.0 Å². The normalized spacial score (nSPS) is 40.3. The summed E-state index contributed by atoms with van der Waals surface area (Å²) in [6.45, 7) is 3.27. The second-order valence-corrected chi connectivity index (χ2v) is 7.28. The highest BCUT2D eigenvalue weighted by atomic mass is 35.5. The molecule has 6 heteroatoms. The molecule has 2 heterocycles. The third-order valence-electron chi connectivity index (χ3n) is 4.73. The van der Waals surface area contributed by atoms with E-state index in [0.29, 0.717) is 18.8 Å². The van der Waals surface area contributed by atoms with Gasteiger partial charge in [0.15, 0.2) is 0 Å². The molecule has 0 aromatic heterocycles. The predicted molar refractivity (Wildman–Crippen MR) is 74.6 cm³/mol. The van der Waals surface area contributed by atoms with Crippen molar-refractivity contribution >= 4 is 23.5 Å². The zero-order valence-electron chi connectivity index (χ0n) is 12.3. The van der Waals surface area contributed by atoms with Gasteiger partial charge in [0, 0.05) is 6.42 Å². The molecule has 4 aliphatic rings. The van der Waals surface area contributed by atoms with Crippen LogP contribution < -0.4 is 0 Å². The first-order chi connectivity index (χ1) is 9.87. The number of alkyl halides is 1. The molecule has 0 spiro atoms. The zero-order valence-corrected chi connectivity index (χ0v) is 13.1. The summed E-state index contributed by atoms with van der Waals surface area (Å²) in [4.78, 5) is 23.5. The molecule has 2 saturated heterocycles. The minimum Gasteiger partial charge on any atom is -0.462 e. The van der Waals surface area contributed by atoms with Gasteiger partial charge in [-0.2, -0.15) is 0 Å². The topological polar surface area (TPSA) is 61.8 Å². The van der Waals surface area contributed by atoms with Crippen LogP contribution in [0.3, 0.4) is 0 Å². The molecule has 6 unspecified atom stereocenters. The van der Waals surface area contributed by atoms with Crippen molar-refractivity contribution in [2.75, 3.05) is 0 Å². The highest BCUT2D eigenvalue weighted by molar-refractivity contribution is 6.29. The van der Waals surface area contributed by atoms with E-state index in [2.05, 4.69) is 0 Å². The van der Waals surface area contributed by atoms with Crippen LogP contribution in [0.25, 0.3) is 0 Å². The number of hydrogen-bond acceptors (Lipinski definition) is 5. The van der Waals surface area contributed by atoms with Crippen LogP contribution in [-0.4, -0.2) is 35.3 Å². The summed E-state index contributed by atoms with van der Waals surface area (Å²) in [6.07, 6.45) is 3.38. The summed E-state index contributed by atoms with van der Waals surface area (Å²) in [5.74, 6) is -0.194. The summed E-state index contributed by atoms with van der Waals surface area (Å²) in [5, 5.41) is -0.694. The Balaban J connectivity index is 1.70. The Bertz CT molecular complexity index is 451. The van der Waals surface area contributed by atoms with E-state index in [4.69, 9.17) is 25.8 Å². The number of fused-ring (bicyclic) bond motifs is 1. The number of hydrogen-bond donors (Lipinski definition) is 0. The lowest BCUT2D eigenvalue weighted by Crippen LogP contribution is -2.49. The van der Waals surface area contributed by atoms with E-state index in [9.17, 15) is 9.59 Å². The lowest BCUT2D eigenvalue weighted by molar-refractivity contribution is -0.229. The molecule has 2 saturated carbocycles. The lowest BCUT2D eigenvalue weighted by atomic mass is 9.65. The summed E-state index contributed by atoms with van der Waals surface area (Å²) in [6, 6.07) is 0. The fraction of sp³-hybridized carbons (Fsp3) is 0.867. The molecule has 0 radical (unpaired) electrons. The predicted octanol–water partition coefficient (Wildman–Crippen LogP) is 2.39. The van der Waals surface area contributed by atoms with Crippen molar-refractivity contribution in [1.29, 1.82) is 0 Å². The molecule has 4 rings (SSSR count). The molecule has 2 aliphatic heterocycles. The molecule has 4 fully saturated rings. The first kappa shape index (κ1) is 15.1. The molecular formula is C15H21ClO5. The van der Waals surface area contributed by atoms with Crippen LogP contribution in [0.2, 0.25) is 0 Å². The van der Waals surface area contributed by atoms with Gasteiger partial charge < -0.3 is 14.2 Å². The van der Waals surface area contributed by atoms with Gasteiger partial charge in [0.25, 0.3) is 0 Å². The molecule has 21 heavy (non-hydrogen) atoms. The Kier molecular flexibility index (Phi) is 3.91. The maximum atomic E-state index is 12.0. The van der Waals surface area contributed by atoms with Gasteiger partial charge in [-0.05, 0) is 45.4 Å². The molecule has 0 amide bonds. The lowest BCUT2D eigenvalue weighted by Gasteiger charge is -2.46. The van der Waals surface area contributed by atoms with Crippen molar-refractivity contribution in [3.8, 4) is 0 Å². The zero-order chi connectivity index (χ0) is 15.2. The Morgan fingerprint density at radius 3 is 2.81 bits per heavy atom. The van der Waals surface area contributed by atoms with Crippen molar-refractivity contribution in [3.05, 3.63) is 0 Å². The van der Waals surface area contributed by atoms with Crippen LogP contribution in [0, 0.1) is 11.8 Å². The van der Waals surface area contributed by atoms with Crippen LogP contribution in [-0.2, 0) is 23.8 Å². The van der Waals surface area contributed by atoms with E-state index >= 15 is 0 Å². The fourth-order valence-electron chi connectivity index (χ4n) is 4.15. The van der Waals surface area contributed by atoms with Gasteiger partial charge in [0.05, 0.1) is 11.5 Å². The number of rotatable bonds is 4. The van der Waals surface area contributed by atoms with Gasteiger partial charge in [-0.1, -0.05) is 0 Å². The first-order valence-electron chi connectivity index (χ1n) is 7.60. The van der Waals surface area contributed by atoms with Crippen molar-refractivity contribution in [1.82, 2.24) is 0 Å². The van der Waals surface area contributed by atoms with E-state index in [-0.39, 0.29) is 18.0 Å². The Morgan fingerprint density at radius 1 is 1.33 bits per heavy atom. The van der Waals surface area contributed by atoms with Crippen LogP contribution in [0.5, 0.6) is 0 Å². The van der Waals surface area contributed by atoms with Gasteiger partial charge >= 0.3 is 11.9 Å². The number of halogens is 1. The van der Waals surface area contributed by atoms with E-state index in [1.807, 2.05) is 0 Å². The smallest absolute Gasteiger partial charge is 0.326 e. The maximum Gasteiger partial charge on any atom is 0.326 e. The molecular weight excluding hydrogens is 296 g/mol. The summed E-state index contributed by atoms with van der Waals surface area (Å²) in [5.41, 5.74) is -0.405. The maximum absolute atomic E-state index is 12.0. The minimum atomic E-state index is -0.694. The molecule has 0 aromatic rings. The average molecular weight is 317 g/mol. The highest BCUT2D eigenvalue weighted by Crippen LogP contribution is 2.51. The summed E-state index contributed by atoms with van der Waals surface area (Å²) >= 11 is 5.70. The van der Waals surface area contributed by atoms with E-state index < -0.39 is 23.2 Å². The Labute approximate surface area is 129 Å². The van der Waals surface area contributed by atoms with Crippen molar-refractivity contribution in [3.63, 3.8) is 0 Å². The molecule has 0 N–H and O–H groups in total. The quantitative estimate of drug-likeness (QED) is 0.453. The van der Waals surface area contributed by atoms with Gasteiger partial charge in [0.1, 0.15) is 11.5 Å². The molecule has 0 aromatic carbocycles. The van der Waals surface area contributed by atoms with Gasteiger partial charge in [-0.25, -0.2) is 0 Å². The standard InChI is InChI=1S/C15H21ClO5/c1-8(16)13(17)19-9(2)21-15-5-10-3-11(6-15)14(18)20-12(4-10)7-15/h8-12H,3-7H2,1-2H3. The van der Waals surface area contributed by atoms with Crippen molar-refractivity contribution < 1.29 is 23.8 Å². The largest absolute Gasteiger partial charge is 0.462 e. The van der Waals surface area contributed by atoms with Gasteiger partial charge in [-0.3, -0.25) is 9.59 Å². The van der Waals surface area contributed by atoms with Crippen molar-refractivity contribution in [2.45, 2.75) is 69.3 Å². The van der Waals surface area contributed by atoms with E-state index in [0.717, 1.165) is 19.3 Å². The van der Waals surface area contributed by atoms with E-state index in [1.54, 1.807) is 13.8 Å². The third kappa shape index (κ3) is 3.04. The van der Waals surface area contributed by atoms with Crippen LogP contribution in [0.4, 0.5) is 0 Å². The molecule has 6 atom stereocenters. The summed E-state index contributed by atoms with van der Waals surface area (Å²) < 4.78 is 16.8. The van der Waals surface area contributed by atoms with Crippen LogP contribution >= 0.6 is 11.6 Å². The number of carbonyl (C=O) groups is 2. The SMILES string of the molecule is CC(OC(=O)C(C)Cl)OC12CC3CC(C1)OC(=O)C(C3)C2. The number of esters is 2. The Morgan fingerprint density at radius 2 is 2.10 bits per heavy atom. The number of ether oxygens (including phenoxy) is 3. The van der Waals surface area contributed by atoms with E-state index in [1.165, 1.54) is 0 Å². The first-order valence-corrected chi connectivity index (χ1v) is 8.03. The molecule has 4 bridgehead atoms. The van der Waals surface area contributed by atoms with Gasteiger partial charge in [-0.15, -0.1) is 11.6 Å². The summed E-state index contributed by atoms with van der Waals surface area (Å²) in [7, 11) is 0. The Hall–Kier alpha value is -0.810. The highest BCUT2D eigenvalue weighted by Gasteiger charge is 2.54. The minimum absolute atomic E-state index is 0.0568. The molecule has 118 valence electrons. The third-order valence-corrected chi connectivity index (χ3v) is 4.91.